The summed E-state index contributed by atoms with van der Waals surface area (Å²) in [6, 6.07) is 8.18. The molecule has 1 heterocycles. The molecule has 122 valence electrons. The normalized spacial score (nSPS) is 11.9. The summed E-state index contributed by atoms with van der Waals surface area (Å²) in [5, 5.41) is 13.9. The van der Waals surface area contributed by atoms with Gasteiger partial charge in [-0.1, -0.05) is 36.8 Å². The minimum Gasteiger partial charge on any atom is -0.476 e. The zero-order valence-electron chi connectivity index (χ0n) is 13.2. The molecule has 0 radical (unpaired) electrons. The van der Waals surface area contributed by atoms with Crippen LogP contribution in [0.5, 0.6) is 0 Å². The predicted octanol–water partition coefficient (Wildman–Crippen LogP) is 2.69. The fraction of sp³-hybridized carbons (Fsp3) is 0.353. The second-order valence-corrected chi connectivity index (χ2v) is 6.51. The van der Waals surface area contributed by atoms with E-state index in [1.54, 1.807) is 0 Å². The average Bonchev–Trinajstić information content (AvgIpc) is 2.98. The van der Waals surface area contributed by atoms with Crippen molar-refractivity contribution >= 4 is 23.2 Å². The van der Waals surface area contributed by atoms with Crippen LogP contribution in [0.1, 0.15) is 33.5 Å². The molecule has 0 bridgehead atoms. The first kappa shape index (κ1) is 17.1. The van der Waals surface area contributed by atoms with E-state index in [4.69, 9.17) is 5.11 Å². The van der Waals surface area contributed by atoms with Gasteiger partial charge in [-0.2, -0.15) is 0 Å². The van der Waals surface area contributed by atoms with Crippen LogP contribution in [0.25, 0.3) is 0 Å². The molecule has 2 N–H and O–H groups in total. The Balaban J connectivity index is 1.77. The summed E-state index contributed by atoms with van der Waals surface area (Å²) in [5.41, 5.74) is 2.41. The number of carbonyl (C=O) groups excluding carboxylic acids is 1. The SMILES string of the molecule is Cc1ccc(CC(C)C(=O)NCCc2nc(C(=O)O)cs2)cc1. The molecule has 1 aromatic heterocycles. The Morgan fingerprint density at radius 1 is 1.30 bits per heavy atom. The van der Waals surface area contributed by atoms with Crippen LogP contribution in [-0.4, -0.2) is 28.5 Å². The lowest BCUT2D eigenvalue weighted by molar-refractivity contribution is -0.124. The van der Waals surface area contributed by atoms with Crippen molar-refractivity contribution in [2.45, 2.75) is 26.7 Å². The standard InChI is InChI=1S/C17H20N2O3S/c1-11-3-5-13(6-4-11)9-12(2)16(20)18-8-7-15-19-14(10-23-15)17(21)22/h3-6,10,12H,7-9H2,1-2H3,(H,18,20)(H,21,22). The summed E-state index contributed by atoms with van der Waals surface area (Å²) >= 11 is 1.30. The van der Waals surface area contributed by atoms with Crippen LogP contribution >= 0.6 is 11.3 Å². The Kier molecular flexibility index (Phi) is 5.87. The van der Waals surface area contributed by atoms with Gasteiger partial charge in [0.15, 0.2) is 5.69 Å². The van der Waals surface area contributed by atoms with Gasteiger partial charge in [0, 0.05) is 24.3 Å². The van der Waals surface area contributed by atoms with Gasteiger partial charge in [-0.25, -0.2) is 9.78 Å². The molecule has 2 rings (SSSR count). The zero-order chi connectivity index (χ0) is 16.8. The number of carboxylic acid groups (broad SMARTS) is 1. The molecule has 5 nitrogen and oxygen atoms in total. The first-order valence-corrected chi connectivity index (χ1v) is 8.34. The fourth-order valence-electron chi connectivity index (χ4n) is 2.16. The molecule has 1 aromatic carbocycles. The molecular weight excluding hydrogens is 312 g/mol. The monoisotopic (exact) mass is 332 g/mol. The van der Waals surface area contributed by atoms with E-state index < -0.39 is 5.97 Å². The lowest BCUT2D eigenvalue weighted by atomic mass is 9.99. The van der Waals surface area contributed by atoms with E-state index in [0.29, 0.717) is 24.4 Å². The van der Waals surface area contributed by atoms with Crippen molar-refractivity contribution in [2.75, 3.05) is 6.54 Å². The lowest BCUT2D eigenvalue weighted by Gasteiger charge is -2.12. The van der Waals surface area contributed by atoms with Gasteiger partial charge in [-0.15, -0.1) is 11.3 Å². The van der Waals surface area contributed by atoms with Crippen LogP contribution in [-0.2, 0) is 17.6 Å². The average molecular weight is 332 g/mol. The van der Waals surface area contributed by atoms with E-state index in [9.17, 15) is 9.59 Å². The molecule has 0 saturated carbocycles. The number of amides is 1. The molecule has 6 heteroatoms. The summed E-state index contributed by atoms with van der Waals surface area (Å²) in [4.78, 5) is 26.8. The van der Waals surface area contributed by atoms with E-state index in [1.165, 1.54) is 22.3 Å². The highest BCUT2D eigenvalue weighted by Gasteiger charge is 2.14. The topological polar surface area (TPSA) is 79.3 Å². The molecule has 0 saturated heterocycles. The number of rotatable bonds is 7. The second kappa shape index (κ2) is 7.87. The van der Waals surface area contributed by atoms with Crippen molar-refractivity contribution in [2.24, 2.45) is 5.92 Å². The predicted molar refractivity (Wildman–Crippen MR) is 89.8 cm³/mol. The smallest absolute Gasteiger partial charge is 0.355 e. The van der Waals surface area contributed by atoms with Gasteiger partial charge in [0.2, 0.25) is 5.91 Å². The van der Waals surface area contributed by atoms with Crippen molar-refractivity contribution in [1.29, 1.82) is 0 Å². The van der Waals surface area contributed by atoms with Crippen molar-refractivity contribution < 1.29 is 14.7 Å². The first-order chi connectivity index (χ1) is 11.0. The Hall–Kier alpha value is -2.21. The van der Waals surface area contributed by atoms with Crippen molar-refractivity contribution in [3.8, 4) is 0 Å². The number of hydrogen-bond acceptors (Lipinski definition) is 4. The van der Waals surface area contributed by atoms with Crippen molar-refractivity contribution in [1.82, 2.24) is 10.3 Å². The Morgan fingerprint density at radius 3 is 2.61 bits per heavy atom. The summed E-state index contributed by atoms with van der Waals surface area (Å²) < 4.78 is 0. The minimum absolute atomic E-state index is 0.000546. The van der Waals surface area contributed by atoms with Gasteiger partial charge >= 0.3 is 5.97 Å². The molecule has 23 heavy (non-hydrogen) atoms. The van der Waals surface area contributed by atoms with E-state index in [2.05, 4.69) is 10.3 Å². The molecule has 0 aliphatic carbocycles. The molecule has 0 fully saturated rings. The molecule has 0 aliphatic rings. The second-order valence-electron chi connectivity index (χ2n) is 5.56. The summed E-state index contributed by atoms with van der Waals surface area (Å²) in [6.45, 7) is 4.40. The number of aromatic nitrogens is 1. The van der Waals surface area contributed by atoms with Gasteiger partial charge in [-0.3, -0.25) is 4.79 Å². The van der Waals surface area contributed by atoms with E-state index in [-0.39, 0.29) is 17.5 Å². The zero-order valence-corrected chi connectivity index (χ0v) is 14.0. The van der Waals surface area contributed by atoms with Crippen LogP contribution in [0.3, 0.4) is 0 Å². The molecule has 1 unspecified atom stereocenters. The van der Waals surface area contributed by atoms with E-state index in [1.807, 2.05) is 38.1 Å². The Bertz CT molecular complexity index is 679. The number of carboxylic acids is 1. The van der Waals surface area contributed by atoms with Gasteiger partial charge in [0.1, 0.15) is 0 Å². The van der Waals surface area contributed by atoms with Gasteiger partial charge in [-0.05, 0) is 18.9 Å². The largest absolute Gasteiger partial charge is 0.476 e. The van der Waals surface area contributed by atoms with Crippen LogP contribution in [0.15, 0.2) is 29.6 Å². The van der Waals surface area contributed by atoms with Crippen LogP contribution in [0.2, 0.25) is 0 Å². The number of aromatic carboxylic acids is 1. The number of aryl methyl sites for hydroxylation is 1. The molecule has 1 amide bonds. The molecule has 0 spiro atoms. The highest BCUT2D eigenvalue weighted by atomic mass is 32.1. The van der Waals surface area contributed by atoms with Gasteiger partial charge in [0.05, 0.1) is 5.01 Å². The molecular formula is C17H20N2O3S. The lowest BCUT2D eigenvalue weighted by Crippen LogP contribution is -2.31. The van der Waals surface area contributed by atoms with E-state index >= 15 is 0 Å². The highest BCUT2D eigenvalue weighted by molar-refractivity contribution is 7.09. The summed E-state index contributed by atoms with van der Waals surface area (Å²) in [5.74, 6) is -1.13. The third-order valence-corrected chi connectivity index (χ3v) is 4.43. The van der Waals surface area contributed by atoms with Crippen LogP contribution in [0.4, 0.5) is 0 Å². The maximum absolute atomic E-state index is 12.1. The van der Waals surface area contributed by atoms with Crippen molar-refractivity contribution in [3.63, 3.8) is 0 Å². The maximum Gasteiger partial charge on any atom is 0.355 e. The molecule has 2 aromatic rings. The molecule has 1 atom stereocenters. The third-order valence-electron chi connectivity index (χ3n) is 3.52. The van der Waals surface area contributed by atoms with E-state index in [0.717, 1.165) is 5.56 Å². The summed E-state index contributed by atoms with van der Waals surface area (Å²) in [6.07, 6.45) is 1.24. The number of thiazole rings is 1. The maximum atomic E-state index is 12.1. The number of carbonyl (C=O) groups is 2. The quantitative estimate of drug-likeness (QED) is 0.817. The number of benzene rings is 1. The van der Waals surface area contributed by atoms with Crippen molar-refractivity contribution in [3.05, 3.63) is 51.5 Å². The fourth-order valence-corrected chi connectivity index (χ4v) is 2.93. The minimum atomic E-state index is -1.02. The Morgan fingerprint density at radius 2 is 2.00 bits per heavy atom. The summed E-state index contributed by atoms with van der Waals surface area (Å²) in [7, 11) is 0. The third kappa shape index (κ3) is 5.17. The number of nitrogens with zero attached hydrogens (tertiary/aromatic N) is 1. The number of nitrogens with one attached hydrogen (secondary N) is 1. The first-order valence-electron chi connectivity index (χ1n) is 7.46. The molecule has 0 aliphatic heterocycles. The van der Waals surface area contributed by atoms with Crippen LogP contribution in [0, 0.1) is 12.8 Å². The Labute approximate surface area is 139 Å². The van der Waals surface area contributed by atoms with Gasteiger partial charge < -0.3 is 10.4 Å². The van der Waals surface area contributed by atoms with Gasteiger partial charge in [0.25, 0.3) is 0 Å². The highest BCUT2D eigenvalue weighted by Crippen LogP contribution is 2.11. The number of hydrogen-bond donors (Lipinski definition) is 2. The van der Waals surface area contributed by atoms with Crippen LogP contribution < -0.4 is 5.32 Å².